The summed E-state index contributed by atoms with van der Waals surface area (Å²) in [7, 11) is -0.778. The largest absolute Gasteiger partial charge is 0.371 e. The Morgan fingerprint density at radius 1 is 1.30 bits per heavy atom. The van der Waals surface area contributed by atoms with Gasteiger partial charge in [-0.3, -0.25) is 0 Å². The Kier molecular flexibility index (Phi) is 4.85. The van der Waals surface area contributed by atoms with E-state index in [1.165, 1.54) is 0 Å². The minimum Gasteiger partial charge on any atom is -0.371 e. The number of rotatable bonds is 2. The third-order valence-corrected chi connectivity index (χ3v) is 7.14. The second-order valence-corrected chi connectivity index (χ2v) is 9.44. The molecule has 3 saturated heterocycles. The average molecular weight is 345 g/mol. The fraction of sp³-hybridized carbons (Fsp3) is 0.933. The number of nitrogens with zero attached hydrogens (tertiary/aromatic N) is 2. The second kappa shape index (κ2) is 6.57. The molecule has 0 aromatic carbocycles. The normalized spacial score (nSPS) is 30.5. The van der Waals surface area contributed by atoms with Crippen LogP contribution in [0.25, 0.3) is 0 Å². The van der Waals surface area contributed by atoms with E-state index in [1.807, 2.05) is 4.90 Å². The van der Waals surface area contributed by atoms with Gasteiger partial charge in [-0.05, 0) is 32.2 Å². The van der Waals surface area contributed by atoms with Crippen molar-refractivity contribution in [3.05, 3.63) is 0 Å². The quantitative estimate of drug-likeness (QED) is 0.758. The Bertz CT molecular complexity index is 543. The summed E-state index contributed by atoms with van der Waals surface area (Å²) < 4.78 is 29.0. The molecular weight excluding hydrogens is 318 g/mol. The minimum atomic E-state index is -2.89. The van der Waals surface area contributed by atoms with Gasteiger partial charge in [-0.15, -0.1) is 0 Å². The summed E-state index contributed by atoms with van der Waals surface area (Å²) >= 11 is 0. The molecule has 1 atom stereocenters. The van der Waals surface area contributed by atoms with Crippen LogP contribution in [0.4, 0.5) is 4.79 Å². The third-order valence-electron chi connectivity index (χ3n) is 5.30. The molecule has 3 heterocycles. The molecule has 132 valence electrons. The van der Waals surface area contributed by atoms with Crippen molar-refractivity contribution in [2.45, 2.75) is 24.9 Å². The predicted molar refractivity (Wildman–Crippen MR) is 87.1 cm³/mol. The van der Waals surface area contributed by atoms with Crippen LogP contribution in [-0.4, -0.2) is 87.7 Å². The average Bonchev–Trinajstić information content (AvgIpc) is 2.88. The van der Waals surface area contributed by atoms with Gasteiger partial charge in [0.1, 0.15) is 0 Å². The molecule has 0 aromatic heterocycles. The lowest BCUT2D eigenvalue weighted by Crippen LogP contribution is -2.59. The fourth-order valence-corrected chi connectivity index (χ4v) is 5.59. The highest BCUT2D eigenvalue weighted by molar-refractivity contribution is 7.91. The summed E-state index contributed by atoms with van der Waals surface area (Å²) in [4.78, 5) is 16.5. The summed E-state index contributed by atoms with van der Waals surface area (Å²) in [5, 5.41) is 2.92. The van der Waals surface area contributed by atoms with Crippen molar-refractivity contribution >= 4 is 15.9 Å². The molecule has 0 saturated carbocycles. The SMILES string of the molecule is CN1CCC2(CC1)CN(C(=O)NCC1CCS(=O)(=O)C1)CCO2. The summed E-state index contributed by atoms with van der Waals surface area (Å²) in [6.07, 6.45) is 2.56. The Hall–Kier alpha value is -0.860. The molecule has 0 bridgehead atoms. The van der Waals surface area contributed by atoms with E-state index in [0.717, 1.165) is 25.9 Å². The number of amides is 2. The highest BCUT2D eigenvalue weighted by atomic mass is 32.2. The monoisotopic (exact) mass is 345 g/mol. The van der Waals surface area contributed by atoms with Gasteiger partial charge < -0.3 is 19.9 Å². The Morgan fingerprint density at radius 2 is 2.04 bits per heavy atom. The molecule has 0 aromatic rings. The molecule has 1 unspecified atom stereocenters. The topological polar surface area (TPSA) is 79.0 Å². The minimum absolute atomic E-state index is 0.0577. The Balaban J connectivity index is 1.49. The van der Waals surface area contributed by atoms with E-state index in [0.29, 0.717) is 32.7 Å². The van der Waals surface area contributed by atoms with Crippen LogP contribution in [0, 0.1) is 5.92 Å². The molecule has 3 aliphatic rings. The van der Waals surface area contributed by atoms with Gasteiger partial charge in [-0.25, -0.2) is 13.2 Å². The first-order valence-corrected chi connectivity index (χ1v) is 10.3. The highest BCUT2D eigenvalue weighted by Crippen LogP contribution is 2.29. The molecule has 0 radical (unpaired) electrons. The molecule has 3 aliphatic heterocycles. The zero-order valence-electron chi connectivity index (χ0n) is 13.8. The van der Waals surface area contributed by atoms with Crippen molar-refractivity contribution in [1.82, 2.24) is 15.1 Å². The molecule has 1 spiro atoms. The van der Waals surface area contributed by atoms with Gasteiger partial charge in [-0.1, -0.05) is 0 Å². The van der Waals surface area contributed by atoms with Gasteiger partial charge in [0.05, 0.1) is 30.3 Å². The number of carbonyl (C=O) groups is 1. The molecular formula is C15H27N3O4S. The fourth-order valence-electron chi connectivity index (χ4n) is 3.72. The molecule has 23 heavy (non-hydrogen) atoms. The number of sulfone groups is 1. The lowest BCUT2D eigenvalue weighted by atomic mass is 9.89. The first-order chi connectivity index (χ1) is 10.9. The standard InChI is InChI=1S/C15H27N3O4S/c1-17-5-3-15(4-6-17)12-18(7-8-22-15)14(19)16-10-13-2-9-23(20,21)11-13/h13H,2-12H2,1H3,(H,16,19). The van der Waals surface area contributed by atoms with Crippen molar-refractivity contribution in [2.24, 2.45) is 5.92 Å². The molecule has 1 N–H and O–H groups in total. The van der Waals surface area contributed by atoms with E-state index in [9.17, 15) is 13.2 Å². The lowest BCUT2D eigenvalue weighted by molar-refractivity contribution is -0.123. The maximum atomic E-state index is 12.4. The first-order valence-electron chi connectivity index (χ1n) is 8.43. The van der Waals surface area contributed by atoms with E-state index in [1.54, 1.807) is 0 Å². The van der Waals surface area contributed by atoms with E-state index >= 15 is 0 Å². The number of likely N-dealkylation sites (tertiary alicyclic amines) is 1. The zero-order chi connectivity index (χ0) is 16.5. The van der Waals surface area contributed by atoms with E-state index < -0.39 is 9.84 Å². The molecule has 3 fully saturated rings. The lowest BCUT2D eigenvalue weighted by Gasteiger charge is -2.46. The number of ether oxygens (including phenoxy) is 1. The van der Waals surface area contributed by atoms with Crippen LogP contribution in [0.5, 0.6) is 0 Å². The highest BCUT2D eigenvalue weighted by Gasteiger charge is 2.40. The molecule has 0 aliphatic carbocycles. The molecule has 2 amide bonds. The van der Waals surface area contributed by atoms with Crippen molar-refractivity contribution in [3.63, 3.8) is 0 Å². The Morgan fingerprint density at radius 3 is 2.70 bits per heavy atom. The molecule has 7 nitrogen and oxygen atoms in total. The summed E-state index contributed by atoms with van der Waals surface area (Å²) in [5.41, 5.74) is -0.196. The maximum Gasteiger partial charge on any atom is 0.317 e. The number of hydrogen-bond donors (Lipinski definition) is 1. The first kappa shape index (κ1) is 17.0. The van der Waals surface area contributed by atoms with E-state index in [-0.39, 0.29) is 29.1 Å². The number of piperidine rings is 1. The van der Waals surface area contributed by atoms with Crippen LogP contribution < -0.4 is 5.32 Å². The van der Waals surface area contributed by atoms with Crippen LogP contribution in [0.3, 0.4) is 0 Å². The second-order valence-electron chi connectivity index (χ2n) is 7.21. The summed E-state index contributed by atoms with van der Waals surface area (Å²) in [5.74, 6) is 0.510. The van der Waals surface area contributed by atoms with Gasteiger partial charge in [0.25, 0.3) is 0 Å². The third kappa shape index (κ3) is 4.16. The number of nitrogens with one attached hydrogen (secondary N) is 1. The summed E-state index contributed by atoms with van der Waals surface area (Å²) in [6, 6.07) is -0.0871. The number of urea groups is 1. The predicted octanol–water partition coefficient (Wildman–Crippen LogP) is -0.0727. The van der Waals surface area contributed by atoms with Crippen LogP contribution in [0.1, 0.15) is 19.3 Å². The van der Waals surface area contributed by atoms with Crippen molar-refractivity contribution in [2.75, 3.05) is 57.9 Å². The van der Waals surface area contributed by atoms with E-state index in [2.05, 4.69) is 17.3 Å². The smallest absolute Gasteiger partial charge is 0.317 e. The van der Waals surface area contributed by atoms with Gasteiger partial charge in [0.2, 0.25) is 0 Å². The van der Waals surface area contributed by atoms with Gasteiger partial charge >= 0.3 is 6.03 Å². The maximum absolute atomic E-state index is 12.4. The molecule has 3 rings (SSSR count). The van der Waals surface area contributed by atoms with Gasteiger partial charge in [0.15, 0.2) is 9.84 Å². The van der Waals surface area contributed by atoms with Crippen LogP contribution in [-0.2, 0) is 14.6 Å². The number of morpholine rings is 1. The Labute approximate surface area is 138 Å². The van der Waals surface area contributed by atoms with Crippen LogP contribution in [0.15, 0.2) is 0 Å². The van der Waals surface area contributed by atoms with Crippen LogP contribution >= 0.6 is 0 Å². The number of hydrogen-bond acceptors (Lipinski definition) is 5. The van der Waals surface area contributed by atoms with Crippen molar-refractivity contribution < 1.29 is 17.9 Å². The van der Waals surface area contributed by atoms with E-state index in [4.69, 9.17) is 4.74 Å². The zero-order valence-corrected chi connectivity index (χ0v) is 14.6. The molecule has 8 heteroatoms. The van der Waals surface area contributed by atoms with Crippen molar-refractivity contribution in [3.8, 4) is 0 Å². The van der Waals surface area contributed by atoms with Crippen LogP contribution in [0.2, 0.25) is 0 Å². The van der Waals surface area contributed by atoms with Crippen molar-refractivity contribution in [1.29, 1.82) is 0 Å². The number of carbonyl (C=O) groups excluding carboxylic acids is 1. The van der Waals surface area contributed by atoms with Gasteiger partial charge in [0, 0.05) is 26.2 Å². The summed E-state index contributed by atoms with van der Waals surface area (Å²) in [6.45, 7) is 4.26. The van der Waals surface area contributed by atoms with Gasteiger partial charge in [-0.2, -0.15) is 0 Å².